The number of rotatable bonds is 11. The van der Waals surface area contributed by atoms with Crippen LogP contribution in [0.4, 0.5) is 0 Å². The Bertz CT molecular complexity index is 1540. The number of halogens is 1. The van der Waals surface area contributed by atoms with Crippen molar-refractivity contribution in [2.75, 3.05) is 7.11 Å². The number of hydrogen-bond donors (Lipinski definition) is 1. The van der Waals surface area contributed by atoms with Crippen LogP contribution in [-0.2, 0) is 29.4 Å². The number of amides is 1. The van der Waals surface area contributed by atoms with Crippen LogP contribution in [0.5, 0.6) is 5.75 Å². The van der Waals surface area contributed by atoms with Crippen molar-refractivity contribution in [1.29, 1.82) is 0 Å². The number of aryl methyl sites for hydroxylation is 2. The van der Waals surface area contributed by atoms with Crippen LogP contribution in [0, 0.1) is 6.92 Å². The predicted octanol–water partition coefficient (Wildman–Crippen LogP) is 7.50. The molecule has 4 aromatic rings. The molecule has 0 spiro atoms. The van der Waals surface area contributed by atoms with Crippen molar-refractivity contribution in [2.45, 2.75) is 65.5 Å². The number of unbranched alkanes of at least 4 members (excludes halogenated alkanes) is 1. The standard InChI is InChI=1S/C34H39ClN2O4/c1-7-8-10-24-13-15-25(16-14-24)21(2)36-33(38)27-17-18-28-29(22(3)37(5)30(28)20-27)19-26-11-9-12-31(32(26)35)41-23(4)34(39)40-6/h9,11-18,20-21,23H,7-8,10,19H2,1-6H3,(H,36,38)/t21-,23-/m0/s1. The molecular weight excluding hydrogens is 536 g/mol. The van der Waals surface area contributed by atoms with Crippen molar-refractivity contribution in [3.05, 3.63) is 99.2 Å². The molecule has 216 valence electrons. The molecule has 0 fully saturated rings. The lowest BCUT2D eigenvalue weighted by Gasteiger charge is -2.16. The number of esters is 1. The molecular formula is C34H39ClN2O4. The lowest BCUT2D eigenvalue weighted by molar-refractivity contribution is -0.147. The normalized spacial score (nSPS) is 12.7. The van der Waals surface area contributed by atoms with Crippen molar-refractivity contribution in [2.24, 2.45) is 7.05 Å². The number of fused-ring (bicyclic) bond motifs is 1. The zero-order valence-electron chi connectivity index (χ0n) is 24.7. The lowest BCUT2D eigenvalue weighted by Crippen LogP contribution is -2.26. The largest absolute Gasteiger partial charge is 0.477 e. The van der Waals surface area contributed by atoms with Gasteiger partial charge in [-0.25, -0.2) is 4.79 Å². The van der Waals surface area contributed by atoms with E-state index >= 15 is 0 Å². The minimum Gasteiger partial charge on any atom is -0.477 e. The van der Waals surface area contributed by atoms with Gasteiger partial charge in [-0.15, -0.1) is 0 Å². The molecule has 41 heavy (non-hydrogen) atoms. The third kappa shape index (κ3) is 6.76. The number of nitrogens with zero attached hydrogens (tertiary/aromatic N) is 1. The van der Waals surface area contributed by atoms with E-state index in [9.17, 15) is 9.59 Å². The third-order valence-corrected chi connectivity index (χ3v) is 8.21. The zero-order chi connectivity index (χ0) is 29.7. The highest BCUT2D eigenvalue weighted by molar-refractivity contribution is 6.32. The van der Waals surface area contributed by atoms with E-state index in [1.54, 1.807) is 13.0 Å². The summed E-state index contributed by atoms with van der Waals surface area (Å²) in [4.78, 5) is 25.1. The van der Waals surface area contributed by atoms with Crippen molar-refractivity contribution in [1.82, 2.24) is 9.88 Å². The lowest BCUT2D eigenvalue weighted by atomic mass is 10.0. The van der Waals surface area contributed by atoms with E-state index in [0.29, 0.717) is 22.8 Å². The van der Waals surface area contributed by atoms with E-state index in [4.69, 9.17) is 21.1 Å². The first-order valence-electron chi connectivity index (χ1n) is 14.1. The number of aromatic nitrogens is 1. The molecule has 0 aliphatic carbocycles. The van der Waals surface area contributed by atoms with E-state index < -0.39 is 12.1 Å². The summed E-state index contributed by atoms with van der Waals surface area (Å²) in [5.41, 5.74) is 7.08. The Morgan fingerprint density at radius 1 is 1.05 bits per heavy atom. The highest BCUT2D eigenvalue weighted by Gasteiger charge is 2.20. The van der Waals surface area contributed by atoms with E-state index in [1.807, 2.05) is 44.3 Å². The summed E-state index contributed by atoms with van der Waals surface area (Å²) in [5.74, 6) is -0.142. The number of carbonyl (C=O) groups is 2. The van der Waals surface area contributed by atoms with Gasteiger partial charge in [0.25, 0.3) is 5.91 Å². The molecule has 3 aromatic carbocycles. The molecule has 1 N–H and O–H groups in total. The predicted molar refractivity (Wildman–Crippen MR) is 165 cm³/mol. The zero-order valence-corrected chi connectivity index (χ0v) is 25.5. The fourth-order valence-corrected chi connectivity index (χ4v) is 5.34. The summed E-state index contributed by atoms with van der Waals surface area (Å²) < 4.78 is 12.6. The average molecular weight is 575 g/mol. The summed E-state index contributed by atoms with van der Waals surface area (Å²) in [7, 11) is 3.33. The maximum atomic E-state index is 13.2. The number of nitrogens with one attached hydrogen (secondary N) is 1. The summed E-state index contributed by atoms with van der Waals surface area (Å²) in [6.45, 7) is 7.90. The van der Waals surface area contributed by atoms with Gasteiger partial charge in [-0.2, -0.15) is 0 Å². The second-order valence-electron chi connectivity index (χ2n) is 10.6. The van der Waals surface area contributed by atoms with Gasteiger partial charge in [-0.1, -0.05) is 67.4 Å². The van der Waals surface area contributed by atoms with Crippen LogP contribution in [-0.4, -0.2) is 29.7 Å². The Morgan fingerprint density at radius 3 is 2.46 bits per heavy atom. The van der Waals surface area contributed by atoms with Crippen molar-refractivity contribution >= 4 is 34.4 Å². The Hall–Kier alpha value is -3.77. The van der Waals surface area contributed by atoms with E-state index in [0.717, 1.165) is 39.7 Å². The molecule has 0 saturated carbocycles. The van der Waals surface area contributed by atoms with Gasteiger partial charge in [0, 0.05) is 35.6 Å². The topological polar surface area (TPSA) is 69.6 Å². The minimum absolute atomic E-state index is 0.109. The van der Waals surface area contributed by atoms with Crippen molar-refractivity contribution < 1.29 is 19.1 Å². The Morgan fingerprint density at radius 2 is 1.78 bits per heavy atom. The number of carbonyl (C=O) groups excluding carboxylic acids is 2. The Balaban J connectivity index is 1.53. The molecule has 0 bridgehead atoms. The van der Waals surface area contributed by atoms with Gasteiger partial charge in [0.2, 0.25) is 0 Å². The molecule has 6 nitrogen and oxygen atoms in total. The maximum Gasteiger partial charge on any atom is 0.346 e. The van der Waals surface area contributed by atoms with Gasteiger partial charge >= 0.3 is 5.97 Å². The smallest absolute Gasteiger partial charge is 0.346 e. The van der Waals surface area contributed by atoms with Gasteiger partial charge in [0.1, 0.15) is 5.75 Å². The highest BCUT2D eigenvalue weighted by Crippen LogP contribution is 2.34. The minimum atomic E-state index is -0.774. The van der Waals surface area contributed by atoms with Crippen LogP contribution >= 0.6 is 11.6 Å². The first-order valence-corrected chi connectivity index (χ1v) is 14.5. The molecule has 4 rings (SSSR count). The molecule has 0 saturated heterocycles. The Kier molecular flexibility index (Phi) is 9.77. The molecule has 0 radical (unpaired) electrons. The maximum absolute atomic E-state index is 13.2. The molecule has 0 unspecified atom stereocenters. The van der Waals surface area contributed by atoms with Gasteiger partial charge in [-0.05, 0) is 74.1 Å². The molecule has 2 atom stereocenters. The summed E-state index contributed by atoms with van der Waals surface area (Å²) in [6, 6.07) is 19.8. The second kappa shape index (κ2) is 13.3. The Labute approximate surface area is 247 Å². The molecule has 7 heteroatoms. The molecule has 1 heterocycles. The van der Waals surface area contributed by atoms with Crippen LogP contribution in [0.25, 0.3) is 10.9 Å². The van der Waals surface area contributed by atoms with Gasteiger partial charge in [0.15, 0.2) is 6.10 Å². The molecule has 1 amide bonds. The average Bonchev–Trinajstić information content (AvgIpc) is 3.21. The third-order valence-electron chi connectivity index (χ3n) is 7.78. The van der Waals surface area contributed by atoms with Gasteiger partial charge in [-0.3, -0.25) is 4.79 Å². The van der Waals surface area contributed by atoms with Crippen LogP contribution in [0.1, 0.15) is 78.0 Å². The quantitative estimate of drug-likeness (QED) is 0.188. The molecule has 0 aliphatic heterocycles. The fourth-order valence-electron chi connectivity index (χ4n) is 5.10. The SMILES string of the molecule is CCCCc1ccc([C@H](C)NC(=O)c2ccc3c(Cc4cccc(O[C@@H](C)C(=O)OC)c4Cl)c(C)n(C)c3c2)cc1. The van der Waals surface area contributed by atoms with Crippen molar-refractivity contribution in [3.63, 3.8) is 0 Å². The number of hydrogen-bond acceptors (Lipinski definition) is 4. The van der Waals surface area contributed by atoms with E-state index in [-0.39, 0.29) is 11.9 Å². The van der Waals surface area contributed by atoms with Crippen LogP contribution in [0.15, 0.2) is 60.7 Å². The van der Waals surface area contributed by atoms with Crippen LogP contribution in [0.3, 0.4) is 0 Å². The van der Waals surface area contributed by atoms with Crippen LogP contribution in [0.2, 0.25) is 5.02 Å². The second-order valence-corrected chi connectivity index (χ2v) is 11.0. The summed E-state index contributed by atoms with van der Waals surface area (Å²) in [6.07, 6.45) is 3.23. The first-order chi connectivity index (χ1) is 19.6. The fraction of sp³-hybridized carbons (Fsp3) is 0.353. The molecule has 0 aliphatic rings. The van der Waals surface area contributed by atoms with E-state index in [2.05, 4.69) is 48.0 Å². The van der Waals surface area contributed by atoms with Crippen LogP contribution < -0.4 is 10.1 Å². The monoisotopic (exact) mass is 574 g/mol. The van der Waals surface area contributed by atoms with Gasteiger partial charge in [0.05, 0.1) is 18.2 Å². The van der Waals surface area contributed by atoms with E-state index in [1.165, 1.54) is 25.5 Å². The molecule has 1 aromatic heterocycles. The summed E-state index contributed by atoms with van der Waals surface area (Å²) >= 11 is 6.72. The number of methoxy groups -OCH3 is 1. The number of benzene rings is 3. The van der Waals surface area contributed by atoms with Crippen molar-refractivity contribution in [3.8, 4) is 5.75 Å². The van der Waals surface area contributed by atoms with Gasteiger partial charge < -0.3 is 19.4 Å². The number of ether oxygens (including phenoxy) is 2. The first kappa shape index (κ1) is 30.2. The highest BCUT2D eigenvalue weighted by atomic mass is 35.5. The summed E-state index contributed by atoms with van der Waals surface area (Å²) in [5, 5.41) is 4.67.